The van der Waals surface area contributed by atoms with Crippen LogP contribution in [0.3, 0.4) is 0 Å². The molecule has 0 radical (unpaired) electrons. The second-order valence-corrected chi connectivity index (χ2v) is 8.18. The van der Waals surface area contributed by atoms with Gasteiger partial charge in [0.1, 0.15) is 23.9 Å². The first-order valence-corrected chi connectivity index (χ1v) is 10.6. The molecule has 4 rings (SSSR count). The zero-order chi connectivity index (χ0) is 23.0. The minimum atomic E-state index is -1.04. The summed E-state index contributed by atoms with van der Waals surface area (Å²) in [5.74, 6) is -4.19. The number of fused-ring (bicyclic) bond motifs is 4. The third-order valence-corrected chi connectivity index (χ3v) is 5.99. The summed E-state index contributed by atoms with van der Waals surface area (Å²) in [6, 6.07) is 2.02. The first-order valence-electron chi connectivity index (χ1n) is 10.2. The number of halogens is 3. The van der Waals surface area contributed by atoms with Crippen LogP contribution in [0.25, 0.3) is 0 Å². The zero-order valence-corrected chi connectivity index (χ0v) is 17.8. The molecule has 170 valence electrons. The molecular formula is C21H21ClF2N4O4. The number of hydrogen-bond acceptors (Lipinski definition) is 5. The van der Waals surface area contributed by atoms with Crippen molar-refractivity contribution in [2.24, 2.45) is 0 Å². The molecule has 1 aromatic heterocycles. The maximum atomic E-state index is 14.1. The average molecular weight is 467 g/mol. The molecule has 1 fully saturated rings. The Kier molecular flexibility index (Phi) is 6.05. The third-order valence-electron chi connectivity index (χ3n) is 5.70. The maximum absolute atomic E-state index is 14.1. The summed E-state index contributed by atoms with van der Waals surface area (Å²) in [6.07, 6.45) is 4.77. The molecule has 0 saturated carbocycles. The van der Waals surface area contributed by atoms with Crippen molar-refractivity contribution in [2.45, 2.75) is 32.2 Å². The lowest BCUT2D eigenvalue weighted by atomic mass is 10.1. The van der Waals surface area contributed by atoms with E-state index in [1.54, 1.807) is 9.91 Å². The van der Waals surface area contributed by atoms with Gasteiger partial charge < -0.3 is 15.3 Å². The number of nitrogens with zero attached hydrogens (tertiary/aromatic N) is 3. The van der Waals surface area contributed by atoms with Gasteiger partial charge in [-0.2, -0.15) is 0 Å². The largest absolute Gasteiger partial charge is 0.502 e. The molecule has 2 N–H and O–H groups in total. The number of carbonyl (C=O) groups excluding carboxylic acids is 2. The van der Waals surface area contributed by atoms with Crippen LogP contribution in [-0.4, -0.2) is 46.3 Å². The number of benzene rings is 1. The third kappa shape index (κ3) is 3.90. The predicted octanol–water partition coefficient (Wildman–Crippen LogP) is 2.34. The lowest BCUT2D eigenvalue weighted by molar-refractivity contribution is 0.0687. The molecule has 2 aliphatic heterocycles. The first kappa shape index (κ1) is 22.1. The van der Waals surface area contributed by atoms with Crippen molar-refractivity contribution in [3.63, 3.8) is 0 Å². The summed E-state index contributed by atoms with van der Waals surface area (Å²) < 4.78 is 29.4. The van der Waals surface area contributed by atoms with E-state index < -0.39 is 52.3 Å². The van der Waals surface area contributed by atoms with Crippen LogP contribution >= 0.6 is 11.6 Å². The monoisotopic (exact) mass is 466 g/mol. The van der Waals surface area contributed by atoms with Crippen LogP contribution in [0.2, 0.25) is 5.02 Å². The minimum Gasteiger partial charge on any atom is -0.502 e. The first-order chi connectivity index (χ1) is 15.3. The zero-order valence-electron chi connectivity index (χ0n) is 17.0. The van der Waals surface area contributed by atoms with E-state index in [2.05, 4.69) is 5.32 Å². The van der Waals surface area contributed by atoms with Crippen molar-refractivity contribution in [2.75, 3.05) is 24.8 Å². The Morgan fingerprint density at radius 1 is 1.12 bits per heavy atom. The fourth-order valence-corrected chi connectivity index (χ4v) is 4.13. The fourth-order valence-electron chi connectivity index (χ4n) is 3.95. The number of aromatic hydroxyl groups is 1. The van der Waals surface area contributed by atoms with Crippen LogP contribution < -0.4 is 15.8 Å². The summed E-state index contributed by atoms with van der Waals surface area (Å²) in [5.41, 5.74) is -2.15. The highest BCUT2D eigenvalue weighted by atomic mass is 35.5. The van der Waals surface area contributed by atoms with E-state index in [1.165, 1.54) is 10.9 Å². The van der Waals surface area contributed by atoms with Crippen LogP contribution in [0.1, 0.15) is 52.1 Å². The Balaban J connectivity index is 1.67. The van der Waals surface area contributed by atoms with Crippen LogP contribution in [0, 0.1) is 11.6 Å². The highest BCUT2D eigenvalue weighted by molar-refractivity contribution is 6.30. The number of carbonyl (C=O) groups is 2. The Labute approximate surface area is 187 Å². The van der Waals surface area contributed by atoms with Crippen molar-refractivity contribution >= 4 is 23.4 Å². The summed E-state index contributed by atoms with van der Waals surface area (Å²) in [4.78, 5) is 39.8. The summed E-state index contributed by atoms with van der Waals surface area (Å²) in [6.45, 7) is 0.755. The van der Waals surface area contributed by atoms with E-state index in [-0.39, 0.29) is 17.4 Å². The molecule has 0 spiro atoms. The topological polar surface area (TPSA) is 94.9 Å². The lowest BCUT2D eigenvalue weighted by Crippen LogP contribution is -2.54. The maximum Gasteiger partial charge on any atom is 0.277 e. The summed E-state index contributed by atoms with van der Waals surface area (Å²) >= 11 is 5.66. The number of aromatic nitrogens is 1. The van der Waals surface area contributed by atoms with Crippen LogP contribution in [0.15, 0.2) is 23.1 Å². The van der Waals surface area contributed by atoms with Crippen LogP contribution in [-0.2, 0) is 6.54 Å². The van der Waals surface area contributed by atoms with Gasteiger partial charge in [-0.25, -0.2) is 8.78 Å². The molecular weight excluding hydrogens is 446 g/mol. The van der Waals surface area contributed by atoms with Gasteiger partial charge in [-0.15, -0.1) is 0 Å². The van der Waals surface area contributed by atoms with Gasteiger partial charge in [-0.1, -0.05) is 24.4 Å². The molecule has 32 heavy (non-hydrogen) atoms. The minimum absolute atomic E-state index is 0.202. The molecule has 0 unspecified atom stereocenters. The molecule has 2 aliphatic rings. The van der Waals surface area contributed by atoms with Gasteiger partial charge in [0.05, 0.1) is 5.02 Å². The van der Waals surface area contributed by atoms with Gasteiger partial charge in [0, 0.05) is 31.4 Å². The highest BCUT2D eigenvalue weighted by Gasteiger charge is 2.34. The van der Waals surface area contributed by atoms with Crippen molar-refractivity contribution in [3.05, 3.63) is 62.0 Å². The molecule has 2 amide bonds. The molecule has 0 aliphatic carbocycles. The van der Waals surface area contributed by atoms with E-state index >= 15 is 0 Å². The molecule has 11 heteroatoms. The van der Waals surface area contributed by atoms with Crippen LogP contribution in [0.4, 0.5) is 8.78 Å². The summed E-state index contributed by atoms with van der Waals surface area (Å²) in [5, 5.41) is 14.3. The molecule has 1 saturated heterocycles. The normalized spacial score (nSPS) is 16.2. The van der Waals surface area contributed by atoms with Gasteiger partial charge in [-0.3, -0.25) is 24.1 Å². The Morgan fingerprint density at radius 2 is 1.84 bits per heavy atom. The average Bonchev–Trinajstić information content (AvgIpc) is 2.88. The van der Waals surface area contributed by atoms with E-state index in [9.17, 15) is 28.3 Å². The van der Waals surface area contributed by atoms with Gasteiger partial charge in [-0.05, 0) is 25.0 Å². The fraction of sp³-hybridized carbons (Fsp3) is 0.381. The van der Waals surface area contributed by atoms with E-state index in [0.717, 1.165) is 37.8 Å². The Morgan fingerprint density at radius 3 is 2.59 bits per heavy atom. The lowest BCUT2D eigenvalue weighted by Gasteiger charge is -2.39. The molecule has 8 nitrogen and oxygen atoms in total. The molecule has 2 bridgehead atoms. The highest BCUT2D eigenvalue weighted by Crippen LogP contribution is 2.24. The number of amides is 2. The molecule has 1 aromatic carbocycles. The van der Waals surface area contributed by atoms with Gasteiger partial charge in [0.2, 0.25) is 5.43 Å². The second-order valence-electron chi connectivity index (χ2n) is 7.77. The Hall–Kier alpha value is -3.14. The number of pyridine rings is 1. The van der Waals surface area contributed by atoms with Gasteiger partial charge in [0.15, 0.2) is 11.4 Å². The molecule has 0 atom stereocenters. The second kappa shape index (κ2) is 8.78. The van der Waals surface area contributed by atoms with E-state index in [0.29, 0.717) is 13.1 Å². The van der Waals surface area contributed by atoms with Crippen LogP contribution in [0.5, 0.6) is 5.75 Å². The van der Waals surface area contributed by atoms with Crippen molar-refractivity contribution in [1.29, 1.82) is 0 Å². The standard InChI is InChI=1S/C21H21ClF2N4O4/c22-14-5-6-15(23)12(16(14)24)9-25-20(31)13-10-28-17(19(30)18(13)29)21(32)26-7-3-1-2-4-8-27(28)11-26/h5-6,10,30H,1-4,7-9,11H2,(H,25,31). The van der Waals surface area contributed by atoms with E-state index in [1.807, 2.05) is 0 Å². The quantitative estimate of drug-likeness (QED) is 0.677. The summed E-state index contributed by atoms with van der Waals surface area (Å²) in [7, 11) is 0. The van der Waals surface area contributed by atoms with Crippen molar-refractivity contribution in [3.8, 4) is 5.75 Å². The van der Waals surface area contributed by atoms with Gasteiger partial charge >= 0.3 is 0 Å². The smallest absolute Gasteiger partial charge is 0.277 e. The van der Waals surface area contributed by atoms with E-state index in [4.69, 9.17) is 11.6 Å². The van der Waals surface area contributed by atoms with Crippen molar-refractivity contribution in [1.82, 2.24) is 14.9 Å². The number of rotatable bonds is 3. The Bertz CT molecular complexity index is 1150. The van der Waals surface area contributed by atoms with Crippen molar-refractivity contribution < 1.29 is 23.5 Å². The SMILES string of the molecule is O=C(NCc1c(F)ccc(Cl)c1F)c1cn2c(c(O)c1=O)C(=O)N1CCCCCCN2C1. The van der Waals surface area contributed by atoms with Gasteiger partial charge in [0.25, 0.3) is 11.8 Å². The number of nitrogens with one attached hydrogen (secondary N) is 1. The molecule has 3 heterocycles. The predicted molar refractivity (Wildman–Crippen MR) is 112 cm³/mol. The number of hydrogen-bond donors (Lipinski definition) is 2. The molecule has 2 aromatic rings.